The number of pyridine rings is 1. The van der Waals surface area contributed by atoms with Gasteiger partial charge in [0.25, 0.3) is 11.8 Å². The summed E-state index contributed by atoms with van der Waals surface area (Å²) < 4.78 is 49.2. The van der Waals surface area contributed by atoms with Gasteiger partial charge in [0.1, 0.15) is 29.5 Å². The maximum atomic E-state index is 14.6. The van der Waals surface area contributed by atoms with Crippen molar-refractivity contribution in [2.24, 2.45) is 5.92 Å². The van der Waals surface area contributed by atoms with Gasteiger partial charge in [-0.1, -0.05) is 50.1 Å². The van der Waals surface area contributed by atoms with Gasteiger partial charge in [-0.2, -0.15) is 0 Å². The van der Waals surface area contributed by atoms with Crippen LogP contribution >= 0.6 is 11.3 Å². The van der Waals surface area contributed by atoms with Crippen molar-refractivity contribution in [1.29, 1.82) is 0 Å². The standard InChI is InChI=1S/C39H43FN6O7S2/c1-3-23(2)55(51,52)45-38(50)39-21-24(39)11-7-5-4-6-8-14-31(42-34(48)36-41-17-18-54-36)37(49)46-22-26(20-32(46)33(47)44-39)53-35-28-16-15-25(40)19-29(28)27-12-9-10-13-30(27)43-35/h7,9-13,15-19,23-24,26,31-32H,3-6,8,14,20-22H2,1-2H3,(H,42,48)(H,44,47)(H,45,50)/b11-7-/t23?,24-,26-,31+,32+,39-/m1/s1. The van der Waals surface area contributed by atoms with E-state index in [1.165, 1.54) is 30.2 Å². The van der Waals surface area contributed by atoms with E-state index in [4.69, 9.17) is 9.72 Å². The number of carbonyl (C=O) groups excluding carboxylic acids is 4. The fraction of sp³-hybridized carbons (Fsp3) is 0.436. The Hall–Kier alpha value is -4.96. The minimum absolute atomic E-state index is 0.00864. The van der Waals surface area contributed by atoms with E-state index < -0.39 is 74.4 Å². The van der Waals surface area contributed by atoms with Crippen molar-refractivity contribution in [3.05, 3.63) is 77.0 Å². The van der Waals surface area contributed by atoms with E-state index in [1.54, 1.807) is 30.5 Å². The molecule has 6 atom stereocenters. The van der Waals surface area contributed by atoms with Crippen LogP contribution in [0.5, 0.6) is 5.88 Å². The summed E-state index contributed by atoms with van der Waals surface area (Å²) in [5.41, 5.74) is -0.990. The third-order valence-electron chi connectivity index (χ3n) is 10.8. The normalized spacial score (nSPS) is 25.8. The maximum absolute atomic E-state index is 14.6. The largest absolute Gasteiger partial charge is 0.472 e. The number of hydrogen-bond donors (Lipinski definition) is 3. The van der Waals surface area contributed by atoms with Crippen LogP contribution in [-0.4, -0.2) is 82.4 Å². The smallest absolute Gasteiger partial charge is 0.280 e. The minimum atomic E-state index is -4.03. The summed E-state index contributed by atoms with van der Waals surface area (Å²) in [4.78, 5) is 66.3. The Labute approximate surface area is 322 Å². The van der Waals surface area contributed by atoms with Gasteiger partial charge >= 0.3 is 0 Å². The molecule has 1 aliphatic carbocycles. The number of thiazole rings is 1. The molecule has 0 radical (unpaired) electrons. The molecule has 4 amide bonds. The summed E-state index contributed by atoms with van der Waals surface area (Å²) in [7, 11) is -4.03. The van der Waals surface area contributed by atoms with Gasteiger partial charge in [-0.25, -0.2) is 22.8 Å². The lowest BCUT2D eigenvalue weighted by Crippen LogP contribution is -2.58. The summed E-state index contributed by atoms with van der Waals surface area (Å²) in [5, 5.41) is 8.57. The van der Waals surface area contributed by atoms with Crippen LogP contribution in [0.3, 0.4) is 0 Å². The third kappa shape index (κ3) is 7.92. The van der Waals surface area contributed by atoms with E-state index >= 15 is 0 Å². The predicted molar refractivity (Wildman–Crippen MR) is 205 cm³/mol. The molecule has 0 bridgehead atoms. The number of allylic oxidation sites excluding steroid dienone is 1. The van der Waals surface area contributed by atoms with Crippen molar-refractivity contribution in [1.82, 2.24) is 30.2 Å². The number of nitrogens with one attached hydrogen (secondary N) is 3. The van der Waals surface area contributed by atoms with Crippen LogP contribution in [0.4, 0.5) is 4.39 Å². The monoisotopic (exact) mass is 790 g/mol. The molecular weight excluding hydrogens is 748 g/mol. The molecule has 290 valence electrons. The number of carbonyl (C=O) groups is 4. The lowest BCUT2D eigenvalue weighted by Gasteiger charge is -2.30. The highest BCUT2D eigenvalue weighted by Crippen LogP contribution is 2.46. The number of halogens is 1. The second-order valence-electron chi connectivity index (χ2n) is 14.5. The van der Waals surface area contributed by atoms with Gasteiger partial charge in [-0.05, 0) is 68.7 Å². The molecule has 55 heavy (non-hydrogen) atoms. The number of rotatable bonds is 8. The summed E-state index contributed by atoms with van der Waals surface area (Å²) in [6, 6.07) is 9.39. The lowest BCUT2D eigenvalue weighted by atomic mass is 10.0. The maximum Gasteiger partial charge on any atom is 0.280 e. The van der Waals surface area contributed by atoms with Crippen molar-refractivity contribution in [2.45, 2.75) is 94.2 Å². The zero-order valence-electron chi connectivity index (χ0n) is 30.5. The number of amides is 4. The van der Waals surface area contributed by atoms with Crippen molar-refractivity contribution < 1.29 is 36.7 Å². The average molecular weight is 791 g/mol. The predicted octanol–water partition coefficient (Wildman–Crippen LogP) is 4.77. The molecule has 2 aromatic carbocycles. The van der Waals surface area contributed by atoms with Gasteiger partial charge < -0.3 is 20.3 Å². The Balaban J connectivity index is 1.23. The third-order valence-corrected chi connectivity index (χ3v) is 13.5. The number of ether oxygens (including phenoxy) is 1. The summed E-state index contributed by atoms with van der Waals surface area (Å²) in [6.07, 6.45) is 8.06. The van der Waals surface area contributed by atoms with Crippen molar-refractivity contribution >= 4 is 66.7 Å². The van der Waals surface area contributed by atoms with Crippen LogP contribution < -0.4 is 20.1 Å². The van der Waals surface area contributed by atoms with Gasteiger partial charge in [-0.15, -0.1) is 11.3 Å². The fourth-order valence-corrected chi connectivity index (χ4v) is 9.02. The van der Waals surface area contributed by atoms with E-state index in [-0.39, 0.29) is 36.7 Å². The Morgan fingerprint density at radius 1 is 1.13 bits per heavy atom. The number of nitrogens with zero attached hydrogens (tertiary/aromatic N) is 3. The first-order valence-corrected chi connectivity index (χ1v) is 21.0. The van der Waals surface area contributed by atoms with Gasteiger partial charge in [0.05, 0.1) is 17.3 Å². The van der Waals surface area contributed by atoms with Crippen LogP contribution in [-0.2, 0) is 24.4 Å². The molecule has 7 rings (SSSR count). The van der Waals surface area contributed by atoms with E-state index in [2.05, 4.69) is 20.3 Å². The van der Waals surface area contributed by atoms with Crippen molar-refractivity contribution in [2.75, 3.05) is 6.54 Å². The zero-order chi connectivity index (χ0) is 38.9. The summed E-state index contributed by atoms with van der Waals surface area (Å²) in [5.74, 6) is -3.22. The van der Waals surface area contributed by atoms with E-state index in [1.807, 2.05) is 24.3 Å². The lowest BCUT2D eigenvalue weighted by molar-refractivity contribution is -0.141. The van der Waals surface area contributed by atoms with E-state index in [0.29, 0.717) is 35.6 Å². The molecule has 16 heteroatoms. The van der Waals surface area contributed by atoms with Gasteiger partial charge in [0.2, 0.25) is 27.7 Å². The molecule has 3 aliphatic rings. The highest BCUT2D eigenvalue weighted by molar-refractivity contribution is 7.90. The Morgan fingerprint density at radius 2 is 1.95 bits per heavy atom. The molecule has 1 saturated carbocycles. The number of fused-ring (bicyclic) bond motifs is 5. The second-order valence-corrected chi connectivity index (χ2v) is 17.5. The molecule has 1 saturated heterocycles. The Morgan fingerprint density at radius 3 is 2.73 bits per heavy atom. The quantitative estimate of drug-likeness (QED) is 0.168. The second kappa shape index (κ2) is 15.6. The number of benzene rings is 2. The topological polar surface area (TPSA) is 177 Å². The molecule has 13 nitrogen and oxygen atoms in total. The number of hydrogen-bond acceptors (Lipinski definition) is 10. The van der Waals surface area contributed by atoms with E-state index in [0.717, 1.165) is 29.6 Å². The number of para-hydroxylation sites is 1. The highest BCUT2D eigenvalue weighted by Gasteiger charge is 2.61. The molecular formula is C39H43FN6O7S2. The minimum Gasteiger partial charge on any atom is -0.472 e. The molecule has 2 aromatic heterocycles. The van der Waals surface area contributed by atoms with Gasteiger partial charge in [-0.3, -0.25) is 23.9 Å². The molecule has 2 fully saturated rings. The van der Waals surface area contributed by atoms with Crippen LogP contribution in [0.1, 0.15) is 75.0 Å². The van der Waals surface area contributed by atoms with E-state index in [9.17, 15) is 32.0 Å². The molecule has 1 unspecified atom stereocenters. The zero-order valence-corrected chi connectivity index (χ0v) is 32.1. The summed E-state index contributed by atoms with van der Waals surface area (Å²) >= 11 is 1.14. The molecule has 0 spiro atoms. The molecule has 2 aliphatic heterocycles. The molecule has 4 heterocycles. The Kier molecular flexibility index (Phi) is 10.9. The SMILES string of the molecule is CCC(C)S(=O)(=O)NC(=O)[C@@]12C[C@H]1/C=C\CCCCC[C@H](NC(=O)c1nccs1)C(=O)N1C[C@H](Oc3nc4ccccc4c4cc(F)ccc34)C[C@H]1C(=O)N2. The van der Waals surface area contributed by atoms with Gasteiger partial charge in [0.15, 0.2) is 5.01 Å². The van der Waals surface area contributed by atoms with Crippen LogP contribution in [0, 0.1) is 11.7 Å². The fourth-order valence-electron chi connectivity index (χ4n) is 7.40. The van der Waals surface area contributed by atoms with Crippen LogP contribution in [0.2, 0.25) is 0 Å². The van der Waals surface area contributed by atoms with Crippen LogP contribution in [0.15, 0.2) is 66.2 Å². The first-order valence-electron chi connectivity index (χ1n) is 18.6. The Bertz CT molecular complexity index is 2270. The van der Waals surface area contributed by atoms with Gasteiger partial charge in [0, 0.05) is 34.7 Å². The molecule has 4 aromatic rings. The number of aromatic nitrogens is 2. The first-order chi connectivity index (χ1) is 26.4. The molecule has 3 N–H and O–H groups in total. The van der Waals surface area contributed by atoms with Crippen molar-refractivity contribution in [3.63, 3.8) is 0 Å². The van der Waals surface area contributed by atoms with Crippen molar-refractivity contribution in [3.8, 4) is 5.88 Å². The highest BCUT2D eigenvalue weighted by atomic mass is 32.2. The van der Waals surface area contributed by atoms with Crippen LogP contribution in [0.25, 0.3) is 21.7 Å². The average Bonchev–Trinajstić information content (AvgIpc) is 3.47. The number of sulfonamides is 1. The summed E-state index contributed by atoms with van der Waals surface area (Å²) in [6.45, 7) is 3.14. The first kappa shape index (κ1) is 38.3.